The summed E-state index contributed by atoms with van der Waals surface area (Å²) in [5, 5.41) is 0. The molecule has 0 spiro atoms. The van der Waals surface area contributed by atoms with Gasteiger partial charge in [0.1, 0.15) is 5.75 Å². The number of hydrogen-bond donors (Lipinski definition) is 0. The SMILES string of the molecule is CC(C)(C)c1ccc2c(c1)N(Cc1cccc(C(=O)N3CCCC3)c1)C(=O)CO2. The van der Waals surface area contributed by atoms with Crippen LogP contribution >= 0.6 is 0 Å². The highest BCUT2D eigenvalue weighted by Crippen LogP contribution is 2.37. The molecule has 29 heavy (non-hydrogen) atoms. The van der Waals surface area contributed by atoms with Crippen LogP contribution in [-0.2, 0) is 16.8 Å². The van der Waals surface area contributed by atoms with E-state index >= 15 is 0 Å². The summed E-state index contributed by atoms with van der Waals surface area (Å²) in [4.78, 5) is 29.1. The molecule has 0 aromatic heterocycles. The highest BCUT2D eigenvalue weighted by atomic mass is 16.5. The summed E-state index contributed by atoms with van der Waals surface area (Å²) in [5.74, 6) is 0.731. The number of amides is 2. The molecule has 0 unspecified atom stereocenters. The first kappa shape index (κ1) is 19.5. The Balaban J connectivity index is 1.62. The van der Waals surface area contributed by atoms with Crippen molar-refractivity contribution in [3.63, 3.8) is 0 Å². The van der Waals surface area contributed by atoms with Crippen molar-refractivity contribution in [1.82, 2.24) is 4.90 Å². The Labute approximate surface area is 172 Å². The number of anilines is 1. The number of carbonyl (C=O) groups is 2. The van der Waals surface area contributed by atoms with Crippen LogP contribution in [0, 0.1) is 0 Å². The summed E-state index contributed by atoms with van der Waals surface area (Å²) in [6.45, 7) is 8.56. The van der Waals surface area contributed by atoms with E-state index in [1.807, 2.05) is 41.3 Å². The molecule has 5 heteroatoms. The molecule has 2 aliphatic heterocycles. The molecule has 2 aliphatic rings. The smallest absolute Gasteiger partial charge is 0.265 e. The van der Waals surface area contributed by atoms with Gasteiger partial charge in [0.05, 0.1) is 12.2 Å². The molecule has 2 aromatic carbocycles. The van der Waals surface area contributed by atoms with E-state index in [9.17, 15) is 9.59 Å². The maximum Gasteiger partial charge on any atom is 0.265 e. The summed E-state index contributed by atoms with van der Waals surface area (Å²) in [7, 11) is 0. The zero-order valence-corrected chi connectivity index (χ0v) is 17.4. The minimum Gasteiger partial charge on any atom is -0.482 e. The van der Waals surface area contributed by atoms with E-state index in [1.54, 1.807) is 4.90 Å². The lowest BCUT2D eigenvalue weighted by Gasteiger charge is -2.31. The third-order valence-electron chi connectivity index (χ3n) is 5.68. The molecule has 0 saturated carbocycles. The monoisotopic (exact) mass is 392 g/mol. The lowest BCUT2D eigenvalue weighted by Crippen LogP contribution is -2.38. The van der Waals surface area contributed by atoms with Crippen LogP contribution in [0.2, 0.25) is 0 Å². The first-order valence-corrected chi connectivity index (χ1v) is 10.3. The van der Waals surface area contributed by atoms with Gasteiger partial charge < -0.3 is 14.5 Å². The van der Waals surface area contributed by atoms with Gasteiger partial charge >= 0.3 is 0 Å². The van der Waals surface area contributed by atoms with E-state index in [0.29, 0.717) is 12.1 Å². The first-order valence-electron chi connectivity index (χ1n) is 10.3. The van der Waals surface area contributed by atoms with E-state index < -0.39 is 0 Å². The van der Waals surface area contributed by atoms with Crippen molar-refractivity contribution in [2.24, 2.45) is 0 Å². The Morgan fingerprint density at radius 3 is 2.55 bits per heavy atom. The quantitative estimate of drug-likeness (QED) is 0.789. The van der Waals surface area contributed by atoms with Crippen LogP contribution in [0.3, 0.4) is 0 Å². The van der Waals surface area contributed by atoms with Crippen molar-refractivity contribution in [2.75, 3.05) is 24.6 Å². The van der Waals surface area contributed by atoms with Crippen LogP contribution in [0.1, 0.15) is 55.1 Å². The van der Waals surface area contributed by atoms with Crippen LogP contribution in [-0.4, -0.2) is 36.4 Å². The maximum absolute atomic E-state index is 12.7. The highest BCUT2D eigenvalue weighted by Gasteiger charge is 2.28. The van der Waals surface area contributed by atoms with Crippen LogP contribution in [0.5, 0.6) is 5.75 Å². The summed E-state index contributed by atoms with van der Waals surface area (Å²) in [5.41, 5.74) is 3.55. The van der Waals surface area contributed by atoms with Gasteiger partial charge in [0.25, 0.3) is 11.8 Å². The fourth-order valence-corrected chi connectivity index (χ4v) is 3.93. The van der Waals surface area contributed by atoms with E-state index in [-0.39, 0.29) is 23.8 Å². The van der Waals surface area contributed by atoms with Crippen LogP contribution < -0.4 is 9.64 Å². The minimum absolute atomic E-state index is 0.0245. The summed E-state index contributed by atoms with van der Waals surface area (Å²) < 4.78 is 5.65. The first-order chi connectivity index (χ1) is 13.8. The molecule has 0 N–H and O–H groups in total. The average molecular weight is 392 g/mol. The Hall–Kier alpha value is -2.82. The molecular weight excluding hydrogens is 364 g/mol. The number of benzene rings is 2. The van der Waals surface area contributed by atoms with Crippen LogP contribution in [0.4, 0.5) is 5.69 Å². The fourth-order valence-electron chi connectivity index (χ4n) is 3.93. The van der Waals surface area contributed by atoms with Gasteiger partial charge in [-0.15, -0.1) is 0 Å². The Kier molecular flexibility index (Phi) is 5.07. The number of fused-ring (bicyclic) bond motifs is 1. The van der Waals surface area contributed by atoms with Gasteiger partial charge in [-0.25, -0.2) is 0 Å². The van der Waals surface area contributed by atoms with Crippen molar-refractivity contribution >= 4 is 17.5 Å². The van der Waals surface area contributed by atoms with Crippen molar-refractivity contribution < 1.29 is 14.3 Å². The predicted octanol–water partition coefficient (Wildman–Crippen LogP) is 4.15. The Morgan fingerprint density at radius 1 is 1.07 bits per heavy atom. The number of carbonyl (C=O) groups excluding carboxylic acids is 2. The van der Waals surface area contributed by atoms with Gasteiger partial charge in [-0.1, -0.05) is 39.0 Å². The second kappa shape index (κ2) is 7.54. The third kappa shape index (κ3) is 4.00. The second-order valence-electron chi connectivity index (χ2n) is 8.90. The summed E-state index contributed by atoms with van der Waals surface area (Å²) in [6.07, 6.45) is 2.14. The third-order valence-corrected chi connectivity index (χ3v) is 5.68. The van der Waals surface area contributed by atoms with Gasteiger partial charge in [-0.05, 0) is 53.6 Å². The topological polar surface area (TPSA) is 49.9 Å². The molecule has 0 atom stereocenters. The average Bonchev–Trinajstić information content (AvgIpc) is 3.23. The molecule has 2 amide bonds. The molecule has 2 aromatic rings. The van der Waals surface area contributed by atoms with Crippen molar-refractivity contribution in [3.8, 4) is 5.75 Å². The normalized spacial score (nSPS) is 16.6. The molecule has 5 nitrogen and oxygen atoms in total. The summed E-state index contributed by atoms with van der Waals surface area (Å²) in [6, 6.07) is 13.7. The molecule has 0 radical (unpaired) electrons. The second-order valence-corrected chi connectivity index (χ2v) is 8.90. The van der Waals surface area contributed by atoms with E-state index in [1.165, 1.54) is 0 Å². The fraction of sp³-hybridized carbons (Fsp3) is 0.417. The van der Waals surface area contributed by atoms with Crippen molar-refractivity contribution in [1.29, 1.82) is 0 Å². The largest absolute Gasteiger partial charge is 0.482 e. The zero-order chi connectivity index (χ0) is 20.6. The Bertz CT molecular complexity index is 939. The number of rotatable bonds is 3. The lowest BCUT2D eigenvalue weighted by molar-refractivity contribution is -0.121. The zero-order valence-electron chi connectivity index (χ0n) is 17.4. The molecule has 1 saturated heterocycles. The van der Waals surface area contributed by atoms with Crippen molar-refractivity contribution in [3.05, 3.63) is 59.2 Å². The Morgan fingerprint density at radius 2 is 1.83 bits per heavy atom. The molecule has 0 bridgehead atoms. The van der Waals surface area contributed by atoms with Gasteiger partial charge in [0.15, 0.2) is 6.61 Å². The minimum atomic E-state index is -0.0696. The van der Waals surface area contributed by atoms with Crippen LogP contribution in [0.25, 0.3) is 0 Å². The molecule has 1 fully saturated rings. The predicted molar refractivity (Wildman–Crippen MR) is 113 cm³/mol. The van der Waals surface area contributed by atoms with Gasteiger partial charge in [0.2, 0.25) is 0 Å². The molecular formula is C24H28N2O3. The van der Waals surface area contributed by atoms with Gasteiger partial charge in [-0.2, -0.15) is 0 Å². The number of hydrogen-bond acceptors (Lipinski definition) is 3. The standard InChI is InChI=1S/C24H28N2O3/c1-24(2,3)19-9-10-21-20(14-19)26(22(27)16-29-21)15-17-7-6-8-18(13-17)23(28)25-11-4-5-12-25/h6-10,13-14H,4-5,11-12,15-16H2,1-3H3. The maximum atomic E-state index is 12.7. The molecule has 0 aliphatic carbocycles. The van der Waals surface area contributed by atoms with Gasteiger partial charge in [0, 0.05) is 18.7 Å². The number of nitrogens with zero attached hydrogens (tertiary/aromatic N) is 2. The van der Waals surface area contributed by atoms with E-state index in [0.717, 1.165) is 48.5 Å². The van der Waals surface area contributed by atoms with Gasteiger partial charge in [-0.3, -0.25) is 9.59 Å². The van der Waals surface area contributed by atoms with E-state index in [2.05, 4.69) is 26.8 Å². The highest BCUT2D eigenvalue weighted by molar-refractivity contribution is 5.98. The van der Waals surface area contributed by atoms with Crippen molar-refractivity contribution in [2.45, 2.75) is 45.6 Å². The lowest BCUT2D eigenvalue weighted by atomic mass is 9.86. The molecule has 152 valence electrons. The molecule has 2 heterocycles. The summed E-state index contributed by atoms with van der Waals surface area (Å²) >= 11 is 0. The number of likely N-dealkylation sites (tertiary alicyclic amines) is 1. The van der Waals surface area contributed by atoms with Crippen LogP contribution in [0.15, 0.2) is 42.5 Å². The molecule has 4 rings (SSSR count). The van der Waals surface area contributed by atoms with E-state index in [4.69, 9.17) is 4.74 Å². The number of ether oxygens (including phenoxy) is 1.